The van der Waals surface area contributed by atoms with Crippen LogP contribution in [0.25, 0.3) is 0 Å². The van der Waals surface area contributed by atoms with Crippen molar-refractivity contribution in [1.82, 2.24) is 15.4 Å². The summed E-state index contributed by atoms with van der Waals surface area (Å²) in [4.78, 5) is 20.3. The third kappa shape index (κ3) is 4.33. The highest BCUT2D eigenvalue weighted by Gasteiger charge is 2.10. The van der Waals surface area contributed by atoms with Gasteiger partial charge in [-0.25, -0.2) is 9.97 Å². The average molecular weight is 389 g/mol. The van der Waals surface area contributed by atoms with Crippen molar-refractivity contribution in [3.8, 4) is 0 Å². The van der Waals surface area contributed by atoms with E-state index in [-0.39, 0.29) is 17.4 Å². The van der Waals surface area contributed by atoms with Gasteiger partial charge >= 0.3 is 0 Å². The molecule has 2 aromatic carbocycles. The third-order valence-electron chi connectivity index (χ3n) is 3.39. The van der Waals surface area contributed by atoms with Crippen LogP contribution in [0, 0.1) is 0 Å². The molecular weight excluding hydrogens is 375 g/mol. The van der Waals surface area contributed by atoms with E-state index in [0.29, 0.717) is 21.4 Å². The van der Waals surface area contributed by atoms with Crippen LogP contribution in [0.5, 0.6) is 0 Å². The topological polar surface area (TPSA) is 105 Å². The molecule has 0 aliphatic rings. The summed E-state index contributed by atoms with van der Waals surface area (Å²) in [5.74, 6) is 0.302. The van der Waals surface area contributed by atoms with Crippen LogP contribution in [-0.4, -0.2) is 15.9 Å². The molecule has 3 aromatic rings. The SMILES string of the molecule is Nc1c(NNC(=O)c2ccc(Cl)cc2)ncnc1Nc1ccc(Cl)cc1. The Hall–Kier alpha value is -3.03. The number of nitrogens with two attached hydrogens (primary N) is 1. The highest BCUT2D eigenvalue weighted by molar-refractivity contribution is 6.31. The fourth-order valence-corrected chi connectivity index (χ4v) is 2.31. The van der Waals surface area contributed by atoms with E-state index >= 15 is 0 Å². The minimum atomic E-state index is -0.355. The lowest BCUT2D eigenvalue weighted by molar-refractivity contribution is 0.0962. The van der Waals surface area contributed by atoms with Gasteiger partial charge in [0.2, 0.25) is 0 Å². The number of hydrogen-bond acceptors (Lipinski definition) is 6. The molecule has 0 unspecified atom stereocenters. The molecule has 5 N–H and O–H groups in total. The molecule has 0 aliphatic heterocycles. The summed E-state index contributed by atoms with van der Waals surface area (Å²) in [5, 5.41) is 4.24. The van der Waals surface area contributed by atoms with Gasteiger partial charge < -0.3 is 11.1 Å². The predicted molar refractivity (Wildman–Crippen MR) is 104 cm³/mol. The highest BCUT2D eigenvalue weighted by atomic mass is 35.5. The number of amides is 1. The number of anilines is 4. The highest BCUT2D eigenvalue weighted by Crippen LogP contribution is 2.26. The number of benzene rings is 2. The Morgan fingerprint density at radius 1 is 0.885 bits per heavy atom. The fourth-order valence-electron chi connectivity index (χ4n) is 2.05. The van der Waals surface area contributed by atoms with Crippen LogP contribution in [0.4, 0.5) is 23.0 Å². The maximum atomic E-state index is 12.1. The molecule has 1 heterocycles. The molecule has 0 saturated carbocycles. The third-order valence-corrected chi connectivity index (χ3v) is 3.90. The number of rotatable bonds is 5. The number of nitrogen functional groups attached to an aromatic ring is 1. The molecule has 9 heteroatoms. The predicted octanol–water partition coefficient (Wildman–Crippen LogP) is 3.87. The number of halogens is 2. The first-order chi connectivity index (χ1) is 12.5. The standard InChI is InChI=1S/C17H14Cl2N6O/c18-11-3-1-10(2-4-11)17(26)25-24-16-14(20)15(21-9-22-16)23-13-7-5-12(19)6-8-13/h1-9H,20H2,(H,25,26)(H2,21,22,23,24). The second-order valence-electron chi connectivity index (χ2n) is 5.20. The van der Waals surface area contributed by atoms with Crippen molar-refractivity contribution < 1.29 is 4.79 Å². The quantitative estimate of drug-likeness (QED) is 0.494. The number of hydrogen-bond donors (Lipinski definition) is 4. The van der Waals surface area contributed by atoms with Gasteiger partial charge in [-0.3, -0.25) is 15.6 Å². The first-order valence-corrected chi connectivity index (χ1v) is 8.23. The molecule has 3 rings (SSSR count). The smallest absolute Gasteiger partial charge is 0.269 e. The number of nitrogens with zero attached hydrogens (tertiary/aromatic N) is 2. The van der Waals surface area contributed by atoms with Crippen LogP contribution in [0.15, 0.2) is 54.9 Å². The van der Waals surface area contributed by atoms with Crippen molar-refractivity contribution in [2.75, 3.05) is 16.5 Å². The van der Waals surface area contributed by atoms with Crippen LogP contribution < -0.4 is 21.9 Å². The van der Waals surface area contributed by atoms with Gasteiger partial charge in [-0.15, -0.1) is 0 Å². The number of hydrazine groups is 1. The van der Waals surface area contributed by atoms with Crippen molar-refractivity contribution in [1.29, 1.82) is 0 Å². The summed E-state index contributed by atoms with van der Waals surface area (Å²) < 4.78 is 0. The largest absolute Gasteiger partial charge is 0.393 e. The summed E-state index contributed by atoms with van der Waals surface area (Å²) >= 11 is 11.7. The molecule has 0 saturated heterocycles. The minimum absolute atomic E-state index is 0.249. The Kier molecular flexibility index (Phi) is 5.40. The van der Waals surface area contributed by atoms with Crippen molar-refractivity contribution >= 4 is 52.1 Å². The van der Waals surface area contributed by atoms with E-state index in [4.69, 9.17) is 28.9 Å². The van der Waals surface area contributed by atoms with Crippen LogP contribution in [0.2, 0.25) is 10.0 Å². The summed E-state index contributed by atoms with van der Waals surface area (Å²) in [5.41, 5.74) is 12.7. The van der Waals surface area contributed by atoms with E-state index in [2.05, 4.69) is 26.1 Å². The monoisotopic (exact) mass is 388 g/mol. The molecule has 26 heavy (non-hydrogen) atoms. The molecule has 7 nitrogen and oxygen atoms in total. The summed E-state index contributed by atoms with van der Waals surface area (Å²) in [6, 6.07) is 13.5. The normalized spacial score (nSPS) is 10.2. The summed E-state index contributed by atoms with van der Waals surface area (Å²) in [7, 11) is 0. The van der Waals surface area contributed by atoms with Gasteiger partial charge in [0.25, 0.3) is 5.91 Å². The minimum Gasteiger partial charge on any atom is -0.393 e. The zero-order valence-corrected chi connectivity index (χ0v) is 14.8. The number of carbonyl (C=O) groups excluding carboxylic acids is 1. The number of carbonyl (C=O) groups is 1. The van der Waals surface area contributed by atoms with Gasteiger partial charge in [0.15, 0.2) is 11.6 Å². The maximum absolute atomic E-state index is 12.1. The van der Waals surface area contributed by atoms with E-state index < -0.39 is 0 Å². The Morgan fingerprint density at radius 3 is 2.12 bits per heavy atom. The van der Waals surface area contributed by atoms with Crippen LogP contribution >= 0.6 is 23.2 Å². The number of aromatic nitrogens is 2. The number of nitrogens with one attached hydrogen (secondary N) is 3. The molecule has 0 fully saturated rings. The first-order valence-electron chi connectivity index (χ1n) is 7.48. The van der Waals surface area contributed by atoms with Gasteiger partial charge in [0.05, 0.1) is 0 Å². The van der Waals surface area contributed by atoms with Gasteiger partial charge in [-0.05, 0) is 48.5 Å². The van der Waals surface area contributed by atoms with Gasteiger partial charge in [0, 0.05) is 21.3 Å². The zero-order chi connectivity index (χ0) is 18.5. The van der Waals surface area contributed by atoms with Crippen molar-refractivity contribution in [2.45, 2.75) is 0 Å². The molecule has 0 aliphatic carbocycles. The van der Waals surface area contributed by atoms with E-state index in [1.165, 1.54) is 6.33 Å². The molecule has 0 atom stereocenters. The molecule has 1 amide bonds. The molecule has 1 aromatic heterocycles. The first kappa shape index (κ1) is 17.8. The maximum Gasteiger partial charge on any atom is 0.269 e. The van der Waals surface area contributed by atoms with Crippen molar-refractivity contribution in [2.24, 2.45) is 0 Å². The fraction of sp³-hybridized carbons (Fsp3) is 0. The summed E-state index contributed by atoms with van der Waals surface area (Å²) in [6.07, 6.45) is 1.32. The second kappa shape index (κ2) is 7.90. The Bertz CT molecular complexity index is 916. The lowest BCUT2D eigenvalue weighted by atomic mass is 10.2. The zero-order valence-electron chi connectivity index (χ0n) is 13.3. The van der Waals surface area contributed by atoms with E-state index in [1.807, 2.05) is 0 Å². The van der Waals surface area contributed by atoms with Gasteiger partial charge in [-0.1, -0.05) is 23.2 Å². The van der Waals surface area contributed by atoms with Crippen LogP contribution in [0.3, 0.4) is 0 Å². The Labute approximate surface area is 159 Å². The van der Waals surface area contributed by atoms with Crippen LogP contribution in [-0.2, 0) is 0 Å². The van der Waals surface area contributed by atoms with E-state index in [0.717, 1.165) is 5.69 Å². The molecule has 0 radical (unpaired) electrons. The second-order valence-corrected chi connectivity index (χ2v) is 6.08. The van der Waals surface area contributed by atoms with Crippen molar-refractivity contribution in [3.63, 3.8) is 0 Å². The lowest BCUT2D eigenvalue weighted by Crippen LogP contribution is -2.30. The average Bonchev–Trinajstić information content (AvgIpc) is 2.64. The molecule has 0 bridgehead atoms. The summed E-state index contributed by atoms with van der Waals surface area (Å²) in [6.45, 7) is 0. The van der Waals surface area contributed by atoms with Crippen LogP contribution in [0.1, 0.15) is 10.4 Å². The van der Waals surface area contributed by atoms with Gasteiger partial charge in [-0.2, -0.15) is 0 Å². The Balaban J connectivity index is 1.69. The van der Waals surface area contributed by atoms with Gasteiger partial charge in [0.1, 0.15) is 12.0 Å². The Morgan fingerprint density at radius 2 is 1.46 bits per heavy atom. The van der Waals surface area contributed by atoms with E-state index in [9.17, 15) is 4.79 Å². The van der Waals surface area contributed by atoms with E-state index in [1.54, 1.807) is 48.5 Å². The molecular formula is C17H14Cl2N6O. The lowest BCUT2D eigenvalue weighted by Gasteiger charge is -2.13. The molecule has 132 valence electrons. The molecule has 0 spiro atoms. The van der Waals surface area contributed by atoms with Crippen molar-refractivity contribution in [3.05, 3.63) is 70.5 Å².